The Hall–Kier alpha value is -2.87. The van der Waals surface area contributed by atoms with Crippen LogP contribution in [0, 0.1) is 6.92 Å². The molecule has 0 bridgehead atoms. The number of hydrogen-bond donors (Lipinski definition) is 2. The Kier molecular flexibility index (Phi) is 6.65. The van der Waals surface area contributed by atoms with Gasteiger partial charge in [0, 0.05) is 34.9 Å². The van der Waals surface area contributed by atoms with Crippen molar-refractivity contribution in [3.8, 4) is 5.95 Å². The maximum atomic E-state index is 12.4. The van der Waals surface area contributed by atoms with E-state index in [-0.39, 0.29) is 11.5 Å². The fraction of sp³-hybridized carbons (Fsp3) is 0.300. The minimum absolute atomic E-state index is 0.114. The van der Waals surface area contributed by atoms with E-state index < -0.39 is 0 Å². The molecule has 8 heteroatoms. The lowest BCUT2D eigenvalue weighted by Crippen LogP contribution is -2.19. The van der Waals surface area contributed by atoms with E-state index in [2.05, 4.69) is 20.4 Å². The lowest BCUT2D eigenvalue weighted by atomic mass is 10.2. The number of hydrogen-bond acceptors (Lipinski definition) is 5. The predicted octanol–water partition coefficient (Wildman–Crippen LogP) is 3.34. The van der Waals surface area contributed by atoms with Crippen LogP contribution in [0.3, 0.4) is 0 Å². The molecule has 0 spiro atoms. The molecule has 2 heterocycles. The SMILES string of the molecule is CCCc1cc(=O)[nH]c(-n2nc(C)cc2NC(=O)CCSc2ccccc2)n1. The molecule has 3 rings (SSSR count). The number of nitrogens with one attached hydrogen (secondary N) is 2. The second-order valence-corrected chi connectivity index (χ2v) is 7.52. The van der Waals surface area contributed by atoms with Gasteiger partial charge in [0.05, 0.1) is 5.69 Å². The molecule has 2 aromatic heterocycles. The van der Waals surface area contributed by atoms with E-state index in [9.17, 15) is 9.59 Å². The predicted molar refractivity (Wildman–Crippen MR) is 111 cm³/mol. The minimum atomic E-state index is -0.238. The summed E-state index contributed by atoms with van der Waals surface area (Å²) in [5.74, 6) is 1.35. The largest absolute Gasteiger partial charge is 0.310 e. The van der Waals surface area contributed by atoms with Crippen LogP contribution in [0.25, 0.3) is 5.95 Å². The molecule has 2 N–H and O–H groups in total. The molecule has 0 unspecified atom stereocenters. The minimum Gasteiger partial charge on any atom is -0.310 e. The van der Waals surface area contributed by atoms with E-state index >= 15 is 0 Å². The number of H-pyrrole nitrogens is 1. The molecule has 0 radical (unpaired) electrons. The third-order valence-electron chi connectivity index (χ3n) is 3.93. The molecule has 0 aliphatic carbocycles. The average molecular weight is 398 g/mol. The number of carbonyl (C=O) groups excluding carboxylic acids is 1. The zero-order valence-electron chi connectivity index (χ0n) is 15.9. The molecule has 0 atom stereocenters. The summed E-state index contributed by atoms with van der Waals surface area (Å²) < 4.78 is 1.47. The van der Waals surface area contributed by atoms with Crippen LogP contribution in [0.2, 0.25) is 0 Å². The number of aromatic nitrogens is 4. The molecule has 1 aromatic carbocycles. The summed E-state index contributed by atoms with van der Waals surface area (Å²) in [4.78, 5) is 32.6. The highest BCUT2D eigenvalue weighted by atomic mass is 32.2. The summed E-state index contributed by atoms with van der Waals surface area (Å²) in [7, 11) is 0. The number of rotatable bonds is 8. The summed E-state index contributed by atoms with van der Waals surface area (Å²) in [5, 5.41) is 7.24. The fourth-order valence-corrected chi connectivity index (χ4v) is 3.58. The van der Waals surface area contributed by atoms with E-state index in [0.29, 0.717) is 36.1 Å². The van der Waals surface area contributed by atoms with Crippen LogP contribution in [0.15, 0.2) is 52.2 Å². The molecule has 0 saturated carbocycles. The van der Waals surface area contributed by atoms with Gasteiger partial charge in [-0.3, -0.25) is 14.6 Å². The van der Waals surface area contributed by atoms with Crippen molar-refractivity contribution in [3.05, 3.63) is 64.2 Å². The molecular formula is C20H23N5O2S. The Balaban J connectivity index is 1.70. The molecule has 7 nitrogen and oxygen atoms in total. The zero-order valence-corrected chi connectivity index (χ0v) is 16.8. The Bertz CT molecular complexity index is 997. The van der Waals surface area contributed by atoms with Crippen molar-refractivity contribution >= 4 is 23.5 Å². The van der Waals surface area contributed by atoms with Crippen LogP contribution in [-0.4, -0.2) is 31.4 Å². The van der Waals surface area contributed by atoms with Gasteiger partial charge < -0.3 is 5.32 Å². The van der Waals surface area contributed by atoms with Gasteiger partial charge in [0.1, 0.15) is 5.82 Å². The number of nitrogens with zero attached hydrogens (tertiary/aromatic N) is 3. The maximum Gasteiger partial charge on any atom is 0.252 e. The third-order valence-corrected chi connectivity index (χ3v) is 4.94. The van der Waals surface area contributed by atoms with Crippen molar-refractivity contribution in [1.29, 1.82) is 0 Å². The Morgan fingerprint density at radius 1 is 1.25 bits per heavy atom. The number of aromatic amines is 1. The topological polar surface area (TPSA) is 92.7 Å². The van der Waals surface area contributed by atoms with Gasteiger partial charge in [-0.1, -0.05) is 31.5 Å². The highest BCUT2D eigenvalue weighted by Gasteiger charge is 2.13. The first-order chi connectivity index (χ1) is 13.5. The molecule has 1 amide bonds. The van der Waals surface area contributed by atoms with Crippen LogP contribution in [0.4, 0.5) is 5.82 Å². The van der Waals surface area contributed by atoms with E-state index in [1.54, 1.807) is 17.8 Å². The molecule has 0 fully saturated rings. The summed E-state index contributed by atoms with van der Waals surface area (Å²) >= 11 is 1.63. The quantitative estimate of drug-likeness (QED) is 0.569. The summed E-state index contributed by atoms with van der Waals surface area (Å²) in [6.07, 6.45) is 1.95. The number of carbonyl (C=O) groups is 1. The number of thioether (sulfide) groups is 1. The molecule has 3 aromatic rings. The number of aryl methyl sites for hydroxylation is 2. The third kappa shape index (κ3) is 5.32. The number of amides is 1. The van der Waals surface area contributed by atoms with Crippen LogP contribution in [0.5, 0.6) is 0 Å². The molecular weight excluding hydrogens is 374 g/mol. The van der Waals surface area contributed by atoms with Gasteiger partial charge in [-0.05, 0) is 25.5 Å². The smallest absolute Gasteiger partial charge is 0.252 e. The monoisotopic (exact) mass is 397 g/mol. The van der Waals surface area contributed by atoms with Crippen molar-refractivity contribution in [2.75, 3.05) is 11.1 Å². The highest BCUT2D eigenvalue weighted by molar-refractivity contribution is 7.99. The average Bonchev–Trinajstić information content (AvgIpc) is 3.02. The van der Waals surface area contributed by atoms with Gasteiger partial charge in [0.25, 0.3) is 5.56 Å². The summed E-state index contributed by atoms with van der Waals surface area (Å²) in [6, 6.07) is 13.2. The summed E-state index contributed by atoms with van der Waals surface area (Å²) in [5.41, 5.74) is 1.18. The Labute approximate surface area is 167 Å². The van der Waals surface area contributed by atoms with Crippen molar-refractivity contribution in [3.63, 3.8) is 0 Å². The molecule has 28 heavy (non-hydrogen) atoms. The van der Waals surface area contributed by atoms with Crippen molar-refractivity contribution < 1.29 is 4.79 Å². The Morgan fingerprint density at radius 2 is 2.04 bits per heavy atom. The van der Waals surface area contributed by atoms with Crippen molar-refractivity contribution in [1.82, 2.24) is 19.7 Å². The fourth-order valence-electron chi connectivity index (χ4n) is 2.71. The van der Waals surface area contributed by atoms with Crippen molar-refractivity contribution in [2.24, 2.45) is 0 Å². The molecule has 0 saturated heterocycles. The van der Waals surface area contributed by atoms with E-state index in [1.165, 1.54) is 10.7 Å². The molecule has 0 aliphatic rings. The first-order valence-corrected chi connectivity index (χ1v) is 10.2. The van der Waals surface area contributed by atoms with Gasteiger partial charge in [0.15, 0.2) is 0 Å². The number of anilines is 1. The number of benzene rings is 1. The van der Waals surface area contributed by atoms with E-state index in [4.69, 9.17) is 0 Å². The Morgan fingerprint density at radius 3 is 2.79 bits per heavy atom. The van der Waals surface area contributed by atoms with Crippen LogP contribution >= 0.6 is 11.8 Å². The molecule has 0 aliphatic heterocycles. The van der Waals surface area contributed by atoms with Crippen LogP contribution < -0.4 is 10.9 Å². The van der Waals surface area contributed by atoms with Gasteiger partial charge in [-0.25, -0.2) is 4.98 Å². The maximum absolute atomic E-state index is 12.4. The lowest BCUT2D eigenvalue weighted by molar-refractivity contribution is -0.115. The highest BCUT2D eigenvalue weighted by Crippen LogP contribution is 2.19. The van der Waals surface area contributed by atoms with E-state index in [1.807, 2.05) is 44.2 Å². The van der Waals surface area contributed by atoms with Gasteiger partial charge in [0.2, 0.25) is 11.9 Å². The van der Waals surface area contributed by atoms with Crippen LogP contribution in [0.1, 0.15) is 31.2 Å². The first kappa shape index (κ1) is 19.9. The van der Waals surface area contributed by atoms with Gasteiger partial charge in [-0.2, -0.15) is 9.78 Å². The second kappa shape index (κ2) is 9.36. The van der Waals surface area contributed by atoms with Gasteiger partial charge >= 0.3 is 0 Å². The lowest BCUT2D eigenvalue weighted by Gasteiger charge is -2.09. The van der Waals surface area contributed by atoms with Gasteiger partial charge in [-0.15, -0.1) is 11.8 Å². The normalized spacial score (nSPS) is 10.8. The zero-order chi connectivity index (χ0) is 19.9. The van der Waals surface area contributed by atoms with E-state index in [0.717, 1.165) is 17.0 Å². The van der Waals surface area contributed by atoms with Crippen molar-refractivity contribution in [2.45, 2.75) is 38.0 Å². The summed E-state index contributed by atoms with van der Waals surface area (Å²) in [6.45, 7) is 3.85. The first-order valence-electron chi connectivity index (χ1n) is 9.20. The standard InChI is InChI=1S/C20H23N5O2S/c1-3-7-15-13-19(27)23-20(21-15)25-17(12-14(2)24-25)22-18(26)10-11-28-16-8-5-4-6-9-16/h4-6,8-9,12-13H,3,7,10-11H2,1-2H3,(H,22,26)(H,21,23,27). The second-order valence-electron chi connectivity index (χ2n) is 6.35. The van der Waals surface area contributed by atoms with Crippen LogP contribution in [-0.2, 0) is 11.2 Å². The molecule has 146 valence electrons.